The number of aromatic nitrogens is 2. The molecule has 0 unspecified atom stereocenters. The SMILES string of the molecule is CCCc1noc(C(OC)OC)n1. The van der Waals surface area contributed by atoms with E-state index in [4.69, 9.17) is 14.0 Å². The second-order valence-corrected chi connectivity index (χ2v) is 2.60. The summed E-state index contributed by atoms with van der Waals surface area (Å²) < 4.78 is 14.9. The van der Waals surface area contributed by atoms with Gasteiger partial charge in [0.2, 0.25) is 6.29 Å². The molecule has 0 radical (unpaired) electrons. The summed E-state index contributed by atoms with van der Waals surface area (Å²) in [7, 11) is 3.05. The van der Waals surface area contributed by atoms with Gasteiger partial charge in [0.15, 0.2) is 5.82 Å². The molecule has 1 aromatic rings. The van der Waals surface area contributed by atoms with Crippen LogP contribution in [0.3, 0.4) is 0 Å². The molecule has 0 bridgehead atoms. The van der Waals surface area contributed by atoms with Crippen molar-refractivity contribution in [3.05, 3.63) is 11.7 Å². The molecule has 0 fully saturated rings. The number of rotatable bonds is 5. The zero-order valence-corrected chi connectivity index (χ0v) is 8.11. The Bertz CT molecular complexity index is 245. The van der Waals surface area contributed by atoms with Crippen LogP contribution >= 0.6 is 0 Å². The summed E-state index contributed by atoms with van der Waals surface area (Å²) in [6.07, 6.45) is 1.24. The van der Waals surface area contributed by atoms with Gasteiger partial charge in [0, 0.05) is 20.6 Å². The first-order valence-corrected chi connectivity index (χ1v) is 4.19. The van der Waals surface area contributed by atoms with Crippen LogP contribution in [0.1, 0.15) is 31.3 Å². The second-order valence-electron chi connectivity index (χ2n) is 2.60. The topological polar surface area (TPSA) is 57.4 Å². The van der Waals surface area contributed by atoms with Gasteiger partial charge in [-0.3, -0.25) is 0 Å². The van der Waals surface area contributed by atoms with Crippen molar-refractivity contribution in [1.29, 1.82) is 0 Å². The molecule has 0 atom stereocenters. The fourth-order valence-corrected chi connectivity index (χ4v) is 0.986. The molecular weight excluding hydrogens is 172 g/mol. The summed E-state index contributed by atoms with van der Waals surface area (Å²) in [5, 5.41) is 3.78. The van der Waals surface area contributed by atoms with Crippen LogP contribution in [0.25, 0.3) is 0 Å². The third kappa shape index (κ3) is 2.50. The summed E-state index contributed by atoms with van der Waals surface area (Å²) >= 11 is 0. The molecule has 1 heterocycles. The normalized spacial score (nSPS) is 11.1. The molecule has 5 heteroatoms. The van der Waals surface area contributed by atoms with Crippen molar-refractivity contribution in [2.45, 2.75) is 26.1 Å². The third-order valence-corrected chi connectivity index (χ3v) is 1.59. The highest BCUT2D eigenvalue weighted by Gasteiger charge is 2.16. The van der Waals surface area contributed by atoms with E-state index in [1.165, 1.54) is 14.2 Å². The molecule has 0 aliphatic rings. The molecule has 0 amide bonds. The summed E-state index contributed by atoms with van der Waals surface area (Å²) in [6.45, 7) is 2.06. The van der Waals surface area contributed by atoms with E-state index in [0.717, 1.165) is 12.8 Å². The number of hydrogen-bond acceptors (Lipinski definition) is 5. The monoisotopic (exact) mass is 186 g/mol. The maximum Gasteiger partial charge on any atom is 0.283 e. The van der Waals surface area contributed by atoms with Crippen molar-refractivity contribution < 1.29 is 14.0 Å². The summed E-state index contributed by atoms with van der Waals surface area (Å²) in [5.41, 5.74) is 0. The molecule has 0 aromatic carbocycles. The van der Waals surface area contributed by atoms with Crippen molar-refractivity contribution in [2.75, 3.05) is 14.2 Å². The van der Waals surface area contributed by atoms with Gasteiger partial charge in [-0.15, -0.1) is 0 Å². The maximum absolute atomic E-state index is 4.96. The van der Waals surface area contributed by atoms with E-state index >= 15 is 0 Å². The Morgan fingerprint density at radius 3 is 2.62 bits per heavy atom. The van der Waals surface area contributed by atoms with Crippen LogP contribution in [0.2, 0.25) is 0 Å². The predicted octanol–water partition coefficient (Wildman–Crippen LogP) is 1.31. The van der Waals surface area contributed by atoms with Crippen LogP contribution in [0.15, 0.2) is 4.52 Å². The van der Waals surface area contributed by atoms with Crippen molar-refractivity contribution in [3.63, 3.8) is 0 Å². The first-order valence-electron chi connectivity index (χ1n) is 4.19. The molecule has 0 saturated heterocycles. The van der Waals surface area contributed by atoms with E-state index in [1.807, 2.05) is 0 Å². The molecule has 5 nitrogen and oxygen atoms in total. The summed E-state index contributed by atoms with van der Waals surface area (Å²) in [4.78, 5) is 4.11. The number of methoxy groups -OCH3 is 2. The minimum Gasteiger partial charge on any atom is -0.348 e. The Balaban J connectivity index is 2.66. The third-order valence-electron chi connectivity index (χ3n) is 1.59. The van der Waals surface area contributed by atoms with E-state index in [-0.39, 0.29) is 0 Å². The number of nitrogens with zero attached hydrogens (tertiary/aromatic N) is 2. The largest absolute Gasteiger partial charge is 0.348 e. The molecule has 0 N–H and O–H groups in total. The van der Waals surface area contributed by atoms with Crippen LogP contribution < -0.4 is 0 Å². The highest BCUT2D eigenvalue weighted by atomic mass is 16.7. The molecule has 1 rings (SSSR count). The number of ether oxygens (including phenoxy) is 2. The predicted molar refractivity (Wildman–Crippen MR) is 45.1 cm³/mol. The van der Waals surface area contributed by atoms with Gasteiger partial charge in [-0.2, -0.15) is 4.98 Å². The molecule has 0 saturated carbocycles. The molecule has 74 valence electrons. The maximum atomic E-state index is 4.96. The van der Waals surface area contributed by atoms with Gasteiger partial charge in [-0.05, 0) is 6.42 Å². The van der Waals surface area contributed by atoms with Crippen molar-refractivity contribution in [1.82, 2.24) is 10.1 Å². The lowest BCUT2D eigenvalue weighted by atomic mass is 10.3. The number of hydrogen-bond donors (Lipinski definition) is 0. The van der Waals surface area contributed by atoms with Gasteiger partial charge >= 0.3 is 0 Å². The zero-order chi connectivity index (χ0) is 9.68. The van der Waals surface area contributed by atoms with E-state index < -0.39 is 6.29 Å². The molecule has 0 spiro atoms. The average molecular weight is 186 g/mol. The van der Waals surface area contributed by atoms with E-state index in [1.54, 1.807) is 0 Å². The molecule has 0 aliphatic heterocycles. The fraction of sp³-hybridized carbons (Fsp3) is 0.750. The minimum atomic E-state index is -0.557. The van der Waals surface area contributed by atoms with Gasteiger partial charge < -0.3 is 14.0 Å². The lowest BCUT2D eigenvalue weighted by Crippen LogP contribution is -2.03. The molecule has 0 aliphatic carbocycles. The van der Waals surface area contributed by atoms with Crippen LogP contribution in [-0.2, 0) is 15.9 Å². The quantitative estimate of drug-likeness (QED) is 0.649. The Kier molecular flexibility index (Phi) is 3.85. The zero-order valence-electron chi connectivity index (χ0n) is 8.11. The fourth-order valence-electron chi connectivity index (χ4n) is 0.986. The van der Waals surface area contributed by atoms with Crippen LogP contribution in [0, 0.1) is 0 Å². The van der Waals surface area contributed by atoms with Crippen molar-refractivity contribution in [3.8, 4) is 0 Å². The van der Waals surface area contributed by atoms with Crippen LogP contribution in [-0.4, -0.2) is 24.4 Å². The lowest BCUT2D eigenvalue weighted by molar-refractivity contribution is -0.123. The second kappa shape index (κ2) is 4.94. The first-order chi connectivity index (χ1) is 6.31. The summed E-state index contributed by atoms with van der Waals surface area (Å²) in [6, 6.07) is 0. The Hall–Kier alpha value is -0.940. The highest BCUT2D eigenvalue weighted by molar-refractivity contribution is 4.87. The van der Waals surface area contributed by atoms with Crippen LogP contribution in [0.5, 0.6) is 0 Å². The van der Waals surface area contributed by atoms with Gasteiger partial charge in [0.1, 0.15) is 0 Å². The van der Waals surface area contributed by atoms with Gasteiger partial charge in [0.05, 0.1) is 0 Å². The van der Waals surface area contributed by atoms with Gasteiger partial charge in [-0.1, -0.05) is 12.1 Å². The Morgan fingerprint density at radius 1 is 1.38 bits per heavy atom. The van der Waals surface area contributed by atoms with E-state index in [9.17, 15) is 0 Å². The standard InChI is InChI=1S/C8H14N2O3/c1-4-5-6-9-7(13-10-6)8(11-2)12-3/h8H,4-5H2,1-3H3. The van der Waals surface area contributed by atoms with Crippen molar-refractivity contribution in [2.24, 2.45) is 0 Å². The first kappa shape index (κ1) is 10.1. The van der Waals surface area contributed by atoms with Crippen LogP contribution in [0.4, 0.5) is 0 Å². The minimum absolute atomic E-state index is 0.369. The molecule has 1 aromatic heterocycles. The molecular formula is C8H14N2O3. The van der Waals surface area contributed by atoms with Gasteiger partial charge in [-0.25, -0.2) is 0 Å². The van der Waals surface area contributed by atoms with Gasteiger partial charge in [0.25, 0.3) is 5.89 Å². The Morgan fingerprint density at radius 2 is 2.08 bits per heavy atom. The van der Waals surface area contributed by atoms with Crippen molar-refractivity contribution >= 4 is 0 Å². The van der Waals surface area contributed by atoms with E-state index in [2.05, 4.69) is 17.1 Å². The Labute approximate surface area is 77.0 Å². The highest BCUT2D eigenvalue weighted by Crippen LogP contribution is 2.14. The lowest BCUT2D eigenvalue weighted by Gasteiger charge is -2.06. The number of aryl methyl sites for hydroxylation is 1. The smallest absolute Gasteiger partial charge is 0.283 e. The average Bonchev–Trinajstić information content (AvgIpc) is 2.56. The molecule has 13 heavy (non-hydrogen) atoms. The van der Waals surface area contributed by atoms with E-state index in [0.29, 0.717) is 11.7 Å². The summed E-state index contributed by atoms with van der Waals surface area (Å²) in [5.74, 6) is 1.06.